The molecular formula is C12H17NO2. The predicted octanol–water partition coefficient (Wildman–Crippen LogP) is 1.50. The van der Waals surface area contributed by atoms with Crippen LogP contribution in [0.4, 0.5) is 0 Å². The number of hydrogen-bond acceptors (Lipinski definition) is 2. The van der Waals surface area contributed by atoms with E-state index < -0.39 is 0 Å². The molecular weight excluding hydrogens is 190 g/mol. The number of amides is 1. The molecule has 0 saturated carbocycles. The van der Waals surface area contributed by atoms with E-state index in [0.717, 1.165) is 24.0 Å². The molecule has 1 aromatic carbocycles. The van der Waals surface area contributed by atoms with Crippen molar-refractivity contribution in [1.29, 1.82) is 0 Å². The van der Waals surface area contributed by atoms with E-state index in [2.05, 4.69) is 5.32 Å². The highest BCUT2D eigenvalue weighted by atomic mass is 16.2. The zero-order chi connectivity index (χ0) is 11.1. The van der Waals surface area contributed by atoms with Crippen LogP contribution in [0.2, 0.25) is 0 Å². The molecule has 0 saturated heterocycles. The number of aliphatic hydroxyl groups excluding tert-OH is 1. The standard InChI is InChI=1S/C12H17NO2/c1-10-6-2-3-7-11(10)12(15)13-8-4-5-9-14/h2-3,6-7,14H,4-5,8-9H2,1H3,(H,13,15). The Balaban J connectivity index is 2.44. The number of rotatable bonds is 5. The Bertz CT molecular complexity index is 323. The second kappa shape index (κ2) is 6.19. The van der Waals surface area contributed by atoms with E-state index in [-0.39, 0.29) is 12.5 Å². The number of aliphatic hydroxyl groups is 1. The van der Waals surface area contributed by atoms with Gasteiger partial charge in [-0.3, -0.25) is 4.79 Å². The normalized spacial score (nSPS) is 10.0. The lowest BCUT2D eigenvalue weighted by molar-refractivity contribution is 0.0951. The van der Waals surface area contributed by atoms with Gasteiger partial charge in [-0.2, -0.15) is 0 Å². The van der Waals surface area contributed by atoms with E-state index in [9.17, 15) is 4.79 Å². The Hall–Kier alpha value is -1.35. The van der Waals surface area contributed by atoms with Crippen molar-refractivity contribution in [2.75, 3.05) is 13.2 Å². The average Bonchev–Trinajstić information content (AvgIpc) is 2.25. The van der Waals surface area contributed by atoms with Crippen molar-refractivity contribution < 1.29 is 9.90 Å². The fourth-order valence-corrected chi connectivity index (χ4v) is 1.36. The molecule has 3 nitrogen and oxygen atoms in total. The zero-order valence-electron chi connectivity index (χ0n) is 8.99. The lowest BCUT2D eigenvalue weighted by Crippen LogP contribution is -2.25. The van der Waals surface area contributed by atoms with Crippen molar-refractivity contribution in [3.05, 3.63) is 35.4 Å². The first-order chi connectivity index (χ1) is 7.25. The smallest absolute Gasteiger partial charge is 0.251 e. The van der Waals surface area contributed by atoms with Crippen LogP contribution in [-0.4, -0.2) is 24.2 Å². The van der Waals surface area contributed by atoms with Gasteiger partial charge in [-0.15, -0.1) is 0 Å². The van der Waals surface area contributed by atoms with Gasteiger partial charge in [-0.25, -0.2) is 0 Å². The topological polar surface area (TPSA) is 49.3 Å². The first-order valence-electron chi connectivity index (χ1n) is 5.20. The van der Waals surface area contributed by atoms with Gasteiger partial charge in [0.25, 0.3) is 5.91 Å². The van der Waals surface area contributed by atoms with Gasteiger partial charge < -0.3 is 10.4 Å². The molecule has 0 bridgehead atoms. The van der Waals surface area contributed by atoms with Crippen molar-refractivity contribution in [2.45, 2.75) is 19.8 Å². The maximum Gasteiger partial charge on any atom is 0.251 e. The number of aryl methyl sites for hydroxylation is 1. The van der Waals surface area contributed by atoms with Crippen LogP contribution in [0, 0.1) is 6.92 Å². The Kier molecular flexibility index (Phi) is 4.84. The molecule has 0 unspecified atom stereocenters. The fourth-order valence-electron chi connectivity index (χ4n) is 1.36. The third-order valence-corrected chi connectivity index (χ3v) is 2.26. The van der Waals surface area contributed by atoms with Gasteiger partial charge in [-0.1, -0.05) is 18.2 Å². The highest BCUT2D eigenvalue weighted by Crippen LogP contribution is 2.06. The summed E-state index contributed by atoms with van der Waals surface area (Å²) >= 11 is 0. The van der Waals surface area contributed by atoms with E-state index in [1.807, 2.05) is 31.2 Å². The summed E-state index contributed by atoms with van der Waals surface area (Å²) in [7, 11) is 0. The van der Waals surface area contributed by atoms with Crippen LogP contribution in [0.25, 0.3) is 0 Å². The average molecular weight is 207 g/mol. The van der Waals surface area contributed by atoms with Crippen LogP contribution in [-0.2, 0) is 0 Å². The van der Waals surface area contributed by atoms with Gasteiger partial charge in [0.15, 0.2) is 0 Å². The van der Waals surface area contributed by atoms with Crippen LogP contribution < -0.4 is 5.32 Å². The van der Waals surface area contributed by atoms with E-state index in [0.29, 0.717) is 6.54 Å². The molecule has 1 amide bonds. The van der Waals surface area contributed by atoms with E-state index in [4.69, 9.17) is 5.11 Å². The Morgan fingerprint density at radius 1 is 1.33 bits per heavy atom. The molecule has 82 valence electrons. The van der Waals surface area contributed by atoms with Crippen LogP contribution in [0.5, 0.6) is 0 Å². The molecule has 0 atom stereocenters. The molecule has 0 aliphatic heterocycles. The van der Waals surface area contributed by atoms with Crippen molar-refractivity contribution >= 4 is 5.91 Å². The van der Waals surface area contributed by atoms with Crippen molar-refractivity contribution in [2.24, 2.45) is 0 Å². The summed E-state index contributed by atoms with van der Waals surface area (Å²) in [6.07, 6.45) is 1.54. The monoisotopic (exact) mass is 207 g/mol. The molecule has 0 aromatic heterocycles. The Morgan fingerprint density at radius 2 is 2.07 bits per heavy atom. The molecule has 0 heterocycles. The lowest BCUT2D eigenvalue weighted by atomic mass is 10.1. The SMILES string of the molecule is Cc1ccccc1C(=O)NCCCCO. The number of benzene rings is 1. The molecule has 0 aliphatic rings. The molecule has 2 N–H and O–H groups in total. The van der Waals surface area contributed by atoms with Crippen LogP contribution >= 0.6 is 0 Å². The molecule has 3 heteroatoms. The second-order valence-corrected chi connectivity index (χ2v) is 3.50. The first kappa shape index (κ1) is 11.7. The number of unbranched alkanes of at least 4 members (excludes halogenated alkanes) is 1. The lowest BCUT2D eigenvalue weighted by Gasteiger charge is -2.06. The van der Waals surface area contributed by atoms with Gasteiger partial charge in [0, 0.05) is 18.7 Å². The van der Waals surface area contributed by atoms with E-state index >= 15 is 0 Å². The summed E-state index contributed by atoms with van der Waals surface area (Å²) in [6.45, 7) is 2.72. The molecule has 1 rings (SSSR count). The molecule has 0 radical (unpaired) electrons. The minimum Gasteiger partial charge on any atom is -0.396 e. The minimum atomic E-state index is -0.0361. The van der Waals surface area contributed by atoms with Gasteiger partial charge in [-0.05, 0) is 31.4 Å². The second-order valence-electron chi connectivity index (χ2n) is 3.50. The number of hydrogen-bond donors (Lipinski definition) is 2. The minimum absolute atomic E-state index is 0.0361. The van der Waals surface area contributed by atoms with Crippen molar-refractivity contribution in [3.8, 4) is 0 Å². The quantitative estimate of drug-likeness (QED) is 0.719. The molecule has 0 spiro atoms. The Labute approximate surface area is 90.1 Å². The van der Waals surface area contributed by atoms with Crippen LogP contribution in [0.1, 0.15) is 28.8 Å². The third kappa shape index (κ3) is 3.72. The first-order valence-corrected chi connectivity index (χ1v) is 5.20. The molecule has 1 aromatic rings. The largest absolute Gasteiger partial charge is 0.396 e. The summed E-state index contributed by atoms with van der Waals surface area (Å²) < 4.78 is 0. The molecule has 15 heavy (non-hydrogen) atoms. The van der Waals surface area contributed by atoms with E-state index in [1.165, 1.54) is 0 Å². The molecule has 0 fully saturated rings. The summed E-state index contributed by atoms with van der Waals surface area (Å²) in [5.41, 5.74) is 1.71. The van der Waals surface area contributed by atoms with Crippen LogP contribution in [0.3, 0.4) is 0 Å². The zero-order valence-corrected chi connectivity index (χ0v) is 8.99. The van der Waals surface area contributed by atoms with Gasteiger partial charge in [0.05, 0.1) is 0 Å². The summed E-state index contributed by atoms with van der Waals surface area (Å²) in [6, 6.07) is 7.51. The third-order valence-electron chi connectivity index (χ3n) is 2.26. The highest BCUT2D eigenvalue weighted by Gasteiger charge is 2.06. The van der Waals surface area contributed by atoms with Gasteiger partial charge in [0.1, 0.15) is 0 Å². The maximum atomic E-state index is 11.7. The van der Waals surface area contributed by atoms with Crippen LogP contribution in [0.15, 0.2) is 24.3 Å². The molecule has 0 aliphatic carbocycles. The summed E-state index contributed by atoms with van der Waals surface area (Å²) in [4.78, 5) is 11.7. The van der Waals surface area contributed by atoms with Gasteiger partial charge in [0.2, 0.25) is 0 Å². The van der Waals surface area contributed by atoms with Crippen molar-refractivity contribution in [3.63, 3.8) is 0 Å². The van der Waals surface area contributed by atoms with Crippen molar-refractivity contribution in [1.82, 2.24) is 5.32 Å². The fraction of sp³-hybridized carbons (Fsp3) is 0.417. The number of carbonyl (C=O) groups excluding carboxylic acids is 1. The Morgan fingerprint density at radius 3 is 2.73 bits per heavy atom. The predicted molar refractivity (Wildman–Crippen MR) is 59.8 cm³/mol. The summed E-state index contributed by atoms with van der Waals surface area (Å²) in [5, 5.41) is 11.4. The number of nitrogens with one attached hydrogen (secondary N) is 1. The summed E-state index contributed by atoms with van der Waals surface area (Å²) in [5.74, 6) is -0.0361. The number of carbonyl (C=O) groups is 1. The van der Waals surface area contributed by atoms with E-state index in [1.54, 1.807) is 0 Å². The highest BCUT2D eigenvalue weighted by molar-refractivity contribution is 5.95. The maximum absolute atomic E-state index is 11.7. The van der Waals surface area contributed by atoms with Gasteiger partial charge >= 0.3 is 0 Å².